The van der Waals surface area contributed by atoms with Crippen molar-refractivity contribution >= 4 is 27.2 Å². The van der Waals surface area contributed by atoms with Crippen LogP contribution < -0.4 is 14.8 Å². The van der Waals surface area contributed by atoms with Crippen molar-refractivity contribution in [3.63, 3.8) is 0 Å². The number of sulfonamides is 1. The SMILES string of the molecule is Cc1ccc(Nc2ccc(NS(=O)(=O)c3ccc(OC(C)C)cc3)cn2)cc1. The molecule has 0 saturated carbocycles. The van der Waals surface area contributed by atoms with E-state index in [1.807, 2.05) is 45.0 Å². The van der Waals surface area contributed by atoms with E-state index < -0.39 is 10.0 Å². The Morgan fingerprint density at radius 2 is 1.54 bits per heavy atom. The second-order valence-electron chi connectivity index (χ2n) is 6.67. The number of hydrogen-bond acceptors (Lipinski definition) is 5. The van der Waals surface area contributed by atoms with Gasteiger partial charge in [-0.1, -0.05) is 17.7 Å². The third kappa shape index (κ3) is 5.23. The monoisotopic (exact) mass is 397 g/mol. The number of nitrogens with one attached hydrogen (secondary N) is 2. The fourth-order valence-corrected chi connectivity index (χ4v) is 3.54. The van der Waals surface area contributed by atoms with Gasteiger partial charge in [-0.3, -0.25) is 4.72 Å². The van der Waals surface area contributed by atoms with E-state index in [0.29, 0.717) is 17.3 Å². The molecule has 3 aromatic rings. The Labute approximate surface area is 165 Å². The molecule has 28 heavy (non-hydrogen) atoms. The summed E-state index contributed by atoms with van der Waals surface area (Å²) in [6, 6.07) is 17.6. The van der Waals surface area contributed by atoms with Crippen LogP contribution in [0.2, 0.25) is 0 Å². The minimum atomic E-state index is -3.70. The molecular formula is C21H23N3O3S. The lowest BCUT2D eigenvalue weighted by atomic mass is 10.2. The molecule has 0 spiro atoms. The molecule has 0 aliphatic rings. The number of ether oxygens (including phenoxy) is 1. The largest absolute Gasteiger partial charge is 0.491 e. The zero-order valence-electron chi connectivity index (χ0n) is 16.0. The van der Waals surface area contributed by atoms with Gasteiger partial charge in [-0.2, -0.15) is 0 Å². The molecule has 3 rings (SSSR count). The van der Waals surface area contributed by atoms with Gasteiger partial charge in [0.25, 0.3) is 10.0 Å². The Morgan fingerprint density at radius 1 is 0.893 bits per heavy atom. The lowest BCUT2D eigenvalue weighted by Gasteiger charge is -2.12. The molecule has 0 radical (unpaired) electrons. The van der Waals surface area contributed by atoms with E-state index in [2.05, 4.69) is 15.0 Å². The van der Waals surface area contributed by atoms with Crippen LogP contribution >= 0.6 is 0 Å². The third-order valence-corrected chi connectivity index (χ3v) is 5.24. The minimum Gasteiger partial charge on any atom is -0.491 e. The van der Waals surface area contributed by atoms with Gasteiger partial charge in [0.2, 0.25) is 0 Å². The average molecular weight is 398 g/mol. The summed E-state index contributed by atoms with van der Waals surface area (Å²) in [5, 5.41) is 3.17. The maximum atomic E-state index is 12.5. The number of anilines is 3. The van der Waals surface area contributed by atoms with Crippen molar-refractivity contribution in [1.29, 1.82) is 0 Å². The molecule has 0 atom stereocenters. The molecule has 1 aromatic heterocycles. The smallest absolute Gasteiger partial charge is 0.261 e. The maximum Gasteiger partial charge on any atom is 0.261 e. The van der Waals surface area contributed by atoms with Crippen molar-refractivity contribution in [1.82, 2.24) is 4.98 Å². The highest BCUT2D eigenvalue weighted by atomic mass is 32.2. The van der Waals surface area contributed by atoms with Crippen LogP contribution in [0.4, 0.5) is 17.2 Å². The van der Waals surface area contributed by atoms with Gasteiger partial charge in [0.05, 0.1) is 22.9 Å². The fraction of sp³-hybridized carbons (Fsp3) is 0.190. The van der Waals surface area contributed by atoms with E-state index >= 15 is 0 Å². The number of nitrogens with zero attached hydrogens (tertiary/aromatic N) is 1. The first-order valence-electron chi connectivity index (χ1n) is 8.91. The van der Waals surface area contributed by atoms with Gasteiger partial charge in [0.15, 0.2) is 0 Å². The van der Waals surface area contributed by atoms with Gasteiger partial charge in [-0.05, 0) is 69.3 Å². The molecule has 6 nitrogen and oxygen atoms in total. The molecule has 0 aliphatic carbocycles. The van der Waals surface area contributed by atoms with Gasteiger partial charge in [0, 0.05) is 5.69 Å². The summed E-state index contributed by atoms with van der Waals surface area (Å²) in [6.45, 7) is 5.85. The van der Waals surface area contributed by atoms with Gasteiger partial charge in [-0.15, -0.1) is 0 Å². The minimum absolute atomic E-state index is 0.0266. The molecule has 0 aliphatic heterocycles. The Balaban J connectivity index is 1.67. The normalized spacial score (nSPS) is 11.3. The maximum absolute atomic E-state index is 12.5. The van der Waals surface area contributed by atoms with Crippen molar-refractivity contribution in [3.8, 4) is 5.75 Å². The number of benzene rings is 2. The topological polar surface area (TPSA) is 80.3 Å². The van der Waals surface area contributed by atoms with Crippen molar-refractivity contribution in [3.05, 3.63) is 72.4 Å². The summed E-state index contributed by atoms with van der Waals surface area (Å²) >= 11 is 0. The number of aryl methyl sites for hydroxylation is 1. The molecule has 7 heteroatoms. The number of hydrogen-bond donors (Lipinski definition) is 2. The lowest BCUT2D eigenvalue weighted by Crippen LogP contribution is -2.13. The number of rotatable bonds is 7. The second kappa shape index (κ2) is 8.31. The highest BCUT2D eigenvalue weighted by Crippen LogP contribution is 2.21. The molecular weight excluding hydrogens is 374 g/mol. The molecule has 2 N–H and O–H groups in total. The highest BCUT2D eigenvalue weighted by molar-refractivity contribution is 7.92. The van der Waals surface area contributed by atoms with E-state index in [1.165, 1.54) is 23.9 Å². The molecule has 0 saturated heterocycles. The molecule has 0 amide bonds. The van der Waals surface area contributed by atoms with E-state index in [9.17, 15) is 8.42 Å². The predicted octanol–water partition coefficient (Wildman–Crippen LogP) is 4.72. The summed E-state index contributed by atoms with van der Waals surface area (Å²) in [4.78, 5) is 4.42. The van der Waals surface area contributed by atoms with Crippen molar-refractivity contribution in [2.45, 2.75) is 31.8 Å². The zero-order valence-corrected chi connectivity index (χ0v) is 16.8. The molecule has 0 bridgehead atoms. The molecule has 0 unspecified atom stereocenters. The standard InChI is InChI=1S/C21H23N3O3S/c1-15(2)27-19-9-11-20(12-10-19)28(25,26)24-18-8-13-21(22-14-18)23-17-6-4-16(3)5-7-17/h4-15,24H,1-3H3,(H,22,23). The van der Waals surface area contributed by atoms with Crippen LogP contribution in [0, 0.1) is 6.92 Å². The van der Waals surface area contributed by atoms with Crippen LogP contribution in [0.25, 0.3) is 0 Å². The quantitative estimate of drug-likeness (QED) is 0.603. The van der Waals surface area contributed by atoms with E-state index in [4.69, 9.17) is 4.74 Å². The Kier molecular flexibility index (Phi) is 5.84. The van der Waals surface area contributed by atoms with Crippen LogP contribution in [0.5, 0.6) is 5.75 Å². The summed E-state index contributed by atoms with van der Waals surface area (Å²) in [5.41, 5.74) is 2.47. The number of pyridine rings is 1. The molecule has 146 valence electrons. The van der Waals surface area contributed by atoms with Crippen LogP contribution in [0.3, 0.4) is 0 Å². The summed E-state index contributed by atoms with van der Waals surface area (Å²) in [5.74, 6) is 1.25. The van der Waals surface area contributed by atoms with Crippen molar-refractivity contribution in [2.75, 3.05) is 10.0 Å². The van der Waals surface area contributed by atoms with Crippen LogP contribution in [-0.4, -0.2) is 19.5 Å². The third-order valence-electron chi connectivity index (χ3n) is 3.85. The van der Waals surface area contributed by atoms with Crippen LogP contribution in [-0.2, 0) is 10.0 Å². The number of aromatic nitrogens is 1. The Bertz CT molecular complexity index is 1010. The van der Waals surface area contributed by atoms with Gasteiger partial charge in [-0.25, -0.2) is 13.4 Å². The average Bonchev–Trinajstić information content (AvgIpc) is 2.65. The van der Waals surface area contributed by atoms with Gasteiger partial charge < -0.3 is 10.1 Å². The summed E-state index contributed by atoms with van der Waals surface area (Å²) < 4.78 is 33.2. The second-order valence-corrected chi connectivity index (χ2v) is 8.35. The first-order valence-corrected chi connectivity index (χ1v) is 10.4. The highest BCUT2D eigenvalue weighted by Gasteiger charge is 2.14. The van der Waals surface area contributed by atoms with E-state index in [0.717, 1.165) is 5.69 Å². The van der Waals surface area contributed by atoms with Crippen molar-refractivity contribution in [2.24, 2.45) is 0 Å². The fourth-order valence-electron chi connectivity index (χ4n) is 2.50. The summed E-state index contributed by atoms with van der Waals surface area (Å²) in [6.07, 6.45) is 1.50. The van der Waals surface area contributed by atoms with Gasteiger partial charge in [0.1, 0.15) is 11.6 Å². The first kappa shape index (κ1) is 19.7. The Hall–Kier alpha value is -3.06. The van der Waals surface area contributed by atoms with Crippen LogP contribution in [0.1, 0.15) is 19.4 Å². The van der Waals surface area contributed by atoms with E-state index in [1.54, 1.807) is 24.3 Å². The molecule has 1 heterocycles. The summed E-state index contributed by atoms with van der Waals surface area (Å²) in [7, 11) is -3.70. The van der Waals surface area contributed by atoms with Crippen LogP contribution in [0.15, 0.2) is 71.8 Å². The van der Waals surface area contributed by atoms with Crippen molar-refractivity contribution < 1.29 is 13.2 Å². The predicted molar refractivity (Wildman–Crippen MR) is 112 cm³/mol. The van der Waals surface area contributed by atoms with E-state index in [-0.39, 0.29) is 11.0 Å². The first-order chi connectivity index (χ1) is 13.3. The van der Waals surface area contributed by atoms with Gasteiger partial charge >= 0.3 is 0 Å². The zero-order chi connectivity index (χ0) is 20.1. The Morgan fingerprint density at radius 3 is 2.11 bits per heavy atom. The molecule has 0 fully saturated rings. The lowest BCUT2D eigenvalue weighted by molar-refractivity contribution is 0.242. The molecule has 2 aromatic carbocycles.